The summed E-state index contributed by atoms with van der Waals surface area (Å²) in [6, 6.07) is 22.0. The van der Waals surface area contributed by atoms with Crippen LogP contribution in [0, 0.1) is 47.5 Å². The van der Waals surface area contributed by atoms with Crippen molar-refractivity contribution in [2.75, 3.05) is 21.3 Å². The van der Waals surface area contributed by atoms with Gasteiger partial charge in [-0.25, -0.2) is 0 Å². The van der Waals surface area contributed by atoms with Crippen LogP contribution in [0.1, 0.15) is 87.7 Å². The molecular weight excluding hydrogens is 540 g/mol. The van der Waals surface area contributed by atoms with Crippen LogP contribution in [0.25, 0.3) is 22.3 Å². The predicted molar refractivity (Wildman–Crippen MR) is 175 cm³/mol. The Morgan fingerprint density at radius 3 is 1.52 bits per heavy atom. The number of methoxy groups -OCH3 is 3. The summed E-state index contributed by atoms with van der Waals surface area (Å²) in [5.41, 5.74) is 8.22. The molecule has 44 heavy (non-hydrogen) atoms. The molecule has 8 bridgehead atoms. The molecule has 0 atom stereocenters. The van der Waals surface area contributed by atoms with E-state index in [2.05, 4.69) is 54.6 Å². The molecule has 1 radical (unpaired) electrons. The monoisotopic (exact) mass is 587 g/mol. The van der Waals surface area contributed by atoms with E-state index in [1.807, 2.05) is 7.11 Å². The molecule has 0 heterocycles. The van der Waals surface area contributed by atoms with Crippen molar-refractivity contribution in [3.63, 3.8) is 0 Å². The quantitative estimate of drug-likeness (QED) is 0.275. The van der Waals surface area contributed by atoms with Crippen LogP contribution >= 0.6 is 0 Å². The number of hydrogen-bond donors (Lipinski definition) is 0. The van der Waals surface area contributed by atoms with Gasteiger partial charge in [0.2, 0.25) is 0 Å². The molecule has 0 aromatic heterocycles. The van der Waals surface area contributed by atoms with E-state index in [1.54, 1.807) is 14.2 Å². The Morgan fingerprint density at radius 2 is 1.05 bits per heavy atom. The molecule has 3 nitrogen and oxygen atoms in total. The van der Waals surface area contributed by atoms with Gasteiger partial charge in [0.15, 0.2) is 0 Å². The van der Waals surface area contributed by atoms with Crippen LogP contribution in [-0.4, -0.2) is 21.3 Å². The minimum atomic E-state index is 0.162. The van der Waals surface area contributed by atoms with Crippen molar-refractivity contribution >= 4 is 0 Å². The van der Waals surface area contributed by atoms with Crippen molar-refractivity contribution < 1.29 is 14.2 Å². The molecule has 11 rings (SSSR count). The third kappa shape index (κ3) is 4.20. The smallest absolute Gasteiger partial charge is 0.131 e. The molecule has 0 spiro atoms. The summed E-state index contributed by atoms with van der Waals surface area (Å²) in [4.78, 5) is 0. The van der Waals surface area contributed by atoms with Gasteiger partial charge in [0.25, 0.3) is 0 Å². The van der Waals surface area contributed by atoms with Crippen LogP contribution in [0.5, 0.6) is 17.2 Å². The van der Waals surface area contributed by atoms with E-state index in [-0.39, 0.29) is 5.41 Å². The fourth-order valence-electron chi connectivity index (χ4n) is 12.4. The molecule has 0 amide bonds. The Morgan fingerprint density at radius 1 is 0.568 bits per heavy atom. The second kappa shape index (κ2) is 10.3. The zero-order valence-electron chi connectivity index (χ0n) is 26.7. The SMILES string of the molecule is COc1ccc(-c2[c]c(C3C4CC5CC(C4)CC3C5)c(-c3ccc(OC)cc3)c(OC)c2C23CC4CC(CC(C4)C2)C3)cc1. The molecule has 0 N–H and O–H groups in total. The lowest BCUT2D eigenvalue weighted by Crippen LogP contribution is -2.49. The molecule has 8 aliphatic rings. The molecule has 0 aliphatic heterocycles. The predicted octanol–water partition coefficient (Wildman–Crippen LogP) is 9.85. The summed E-state index contributed by atoms with van der Waals surface area (Å²) < 4.78 is 18.0. The van der Waals surface area contributed by atoms with Gasteiger partial charge in [0.1, 0.15) is 17.2 Å². The standard InChI is InChI=1S/C41H47O3/c1-42-33-8-4-29(5-9-33)35-20-36(37-31-16-24-12-25(18-31)19-32(37)17-24)38(30-6-10-34(43-2)11-7-30)40(44-3)39(35)41-21-26-13-27(22-41)15-28(14-26)23-41/h4-11,24-28,31-32,37H,12-19,21-23H2,1-3H3. The van der Waals surface area contributed by atoms with Crippen LogP contribution in [0.2, 0.25) is 0 Å². The van der Waals surface area contributed by atoms with Crippen molar-refractivity contribution in [3.8, 4) is 39.5 Å². The Balaban J connectivity index is 1.32. The fourth-order valence-corrected chi connectivity index (χ4v) is 12.4. The third-order valence-corrected chi connectivity index (χ3v) is 13.3. The molecular formula is C41H47O3. The normalized spacial score (nSPS) is 36.1. The average Bonchev–Trinajstić information content (AvgIpc) is 3.03. The second-order valence-electron chi connectivity index (χ2n) is 15.8. The number of hydrogen-bond acceptors (Lipinski definition) is 3. The maximum absolute atomic E-state index is 6.79. The summed E-state index contributed by atoms with van der Waals surface area (Å²) in [6.45, 7) is 0. The third-order valence-electron chi connectivity index (χ3n) is 13.3. The fraction of sp³-hybridized carbons (Fsp3) is 0.561. The topological polar surface area (TPSA) is 27.7 Å². The highest BCUT2D eigenvalue weighted by molar-refractivity contribution is 5.85. The highest BCUT2D eigenvalue weighted by atomic mass is 16.5. The van der Waals surface area contributed by atoms with Gasteiger partial charge in [-0.05, 0) is 171 Å². The van der Waals surface area contributed by atoms with E-state index < -0.39 is 0 Å². The first-order chi connectivity index (χ1) is 21.5. The van der Waals surface area contributed by atoms with Crippen molar-refractivity contribution in [2.24, 2.45) is 41.4 Å². The molecule has 8 fully saturated rings. The van der Waals surface area contributed by atoms with Gasteiger partial charge >= 0.3 is 0 Å². The molecule has 8 saturated carbocycles. The minimum absolute atomic E-state index is 0.162. The van der Waals surface area contributed by atoms with Crippen molar-refractivity contribution in [1.82, 2.24) is 0 Å². The van der Waals surface area contributed by atoms with Gasteiger partial charge in [0.05, 0.1) is 21.3 Å². The maximum Gasteiger partial charge on any atom is 0.131 e. The van der Waals surface area contributed by atoms with Gasteiger partial charge in [-0.15, -0.1) is 0 Å². The highest BCUT2D eigenvalue weighted by Gasteiger charge is 2.55. The Labute approximate surface area is 263 Å². The van der Waals surface area contributed by atoms with E-state index >= 15 is 0 Å². The first-order valence-corrected chi connectivity index (χ1v) is 17.5. The summed E-state index contributed by atoms with van der Waals surface area (Å²) in [7, 11) is 5.47. The van der Waals surface area contributed by atoms with Crippen molar-refractivity contribution in [3.05, 3.63) is 65.7 Å². The highest BCUT2D eigenvalue weighted by Crippen LogP contribution is 2.66. The van der Waals surface area contributed by atoms with Gasteiger partial charge in [0, 0.05) is 16.5 Å². The van der Waals surface area contributed by atoms with Gasteiger partial charge < -0.3 is 14.2 Å². The summed E-state index contributed by atoms with van der Waals surface area (Å²) >= 11 is 0. The maximum atomic E-state index is 6.79. The lowest BCUT2D eigenvalue weighted by atomic mass is 9.47. The Bertz CT molecular complexity index is 1490. The summed E-state index contributed by atoms with van der Waals surface area (Å²) in [5.74, 6) is 9.46. The minimum Gasteiger partial charge on any atom is -0.497 e. The molecule has 3 aromatic carbocycles. The van der Waals surface area contributed by atoms with Gasteiger partial charge in [-0.2, -0.15) is 0 Å². The number of benzene rings is 3. The van der Waals surface area contributed by atoms with Crippen LogP contribution < -0.4 is 14.2 Å². The summed E-state index contributed by atoms with van der Waals surface area (Å²) in [5, 5.41) is 0. The second-order valence-corrected chi connectivity index (χ2v) is 15.8. The van der Waals surface area contributed by atoms with Crippen LogP contribution in [-0.2, 0) is 5.41 Å². The van der Waals surface area contributed by atoms with Crippen molar-refractivity contribution in [1.29, 1.82) is 0 Å². The molecule has 3 aromatic rings. The lowest BCUT2D eigenvalue weighted by Gasteiger charge is -2.58. The Hall–Kier alpha value is -2.94. The first-order valence-electron chi connectivity index (χ1n) is 17.5. The van der Waals surface area contributed by atoms with Gasteiger partial charge in [-0.3, -0.25) is 0 Å². The van der Waals surface area contributed by atoms with Crippen LogP contribution in [0.4, 0.5) is 0 Å². The molecule has 229 valence electrons. The molecule has 0 saturated heterocycles. The van der Waals surface area contributed by atoms with E-state index in [0.717, 1.165) is 58.7 Å². The average molecular weight is 588 g/mol. The van der Waals surface area contributed by atoms with E-state index in [0.29, 0.717) is 5.92 Å². The molecule has 8 aliphatic carbocycles. The van der Waals surface area contributed by atoms with Gasteiger partial charge in [-0.1, -0.05) is 24.3 Å². The number of rotatable bonds is 7. The Kier molecular flexibility index (Phi) is 6.40. The summed E-state index contributed by atoms with van der Waals surface area (Å²) in [6.07, 6.45) is 15.2. The van der Waals surface area contributed by atoms with Crippen molar-refractivity contribution in [2.45, 2.75) is 82.0 Å². The number of ether oxygens (including phenoxy) is 3. The van der Waals surface area contributed by atoms with Crippen LogP contribution in [0.15, 0.2) is 48.5 Å². The van der Waals surface area contributed by atoms with E-state index in [4.69, 9.17) is 14.2 Å². The first kappa shape index (κ1) is 27.4. The molecule has 0 unspecified atom stereocenters. The zero-order valence-corrected chi connectivity index (χ0v) is 26.7. The van der Waals surface area contributed by atoms with E-state index in [1.165, 1.54) is 104 Å². The lowest BCUT2D eigenvalue weighted by molar-refractivity contribution is -0.00635. The van der Waals surface area contributed by atoms with E-state index in [9.17, 15) is 0 Å². The zero-order chi connectivity index (χ0) is 29.6. The largest absolute Gasteiger partial charge is 0.497 e. The molecule has 3 heteroatoms. The van der Waals surface area contributed by atoms with Crippen LogP contribution in [0.3, 0.4) is 0 Å².